The Hall–Kier alpha value is -1.40. The van der Waals surface area contributed by atoms with E-state index >= 15 is 0 Å². The van der Waals surface area contributed by atoms with Gasteiger partial charge >= 0.3 is 0 Å². The lowest BCUT2D eigenvalue weighted by atomic mass is 10.4. The summed E-state index contributed by atoms with van der Waals surface area (Å²) in [7, 11) is 1.94. The molecule has 0 radical (unpaired) electrons. The monoisotopic (exact) mass is 309 g/mol. The van der Waals surface area contributed by atoms with Gasteiger partial charge in [-0.25, -0.2) is 9.97 Å². The van der Waals surface area contributed by atoms with Crippen molar-refractivity contribution in [3.8, 4) is 0 Å². The normalized spacial score (nSPS) is 11.6. The van der Waals surface area contributed by atoms with Crippen LogP contribution in [0, 0.1) is 13.8 Å². The third-order valence-corrected chi connectivity index (χ3v) is 4.57. The molecule has 0 spiro atoms. The number of hydrogen-bond acceptors (Lipinski definition) is 4. The third kappa shape index (κ3) is 2.23. The molecule has 0 bridgehead atoms. The number of rotatable bonds is 4. The largest absolute Gasteiger partial charge is 0.311 e. The Balaban J connectivity index is 1.96. The SMILES string of the molecule is Cc1csc(CCn2c(CCl)nc3c(C)nn(C)c32)n1. The van der Waals surface area contributed by atoms with Crippen LogP contribution in [0.1, 0.15) is 22.2 Å². The second kappa shape index (κ2) is 5.18. The zero-order chi connectivity index (χ0) is 14.3. The Labute approximate surface area is 126 Å². The molecule has 20 heavy (non-hydrogen) atoms. The Morgan fingerprint density at radius 1 is 1.30 bits per heavy atom. The van der Waals surface area contributed by atoms with Gasteiger partial charge in [0.05, 0.1) is 16.6 Å². The fourth-order valence-electron chi connectivity index (χ4n) is 2.44. The van der Waals surface area contributed by atoms with Crippen molar-refractivity contribution in [3.63, 3.8) is 0 Å². The molecule has 0 aromatic carbocycles. The molecule has 0 amide bonds. The van der Waals surface area contributed by atoms with Crippen LogP contribution in [0.3, 0.4) is 0 Å². The van der Waals surface area contributed by atoms with E-state index in [0.717, 1.165) is 46.3 Å². The van der Waals surface area contributed by atoms with Gasteiger partial charge in [-0.1, -0.05) is 0 Å². The molecule has 0 saturated carbocycles. The van der Waals surface area contributed by atoms with Crippen LogP contribution >= 0.6 is 22.9 Å². The maximum atomic E-state index is 6.02. The van der Waals surface area contributed by atoms with E-state index in [1.807, 2.05) is 25.6 Å². The van der Waals surface area contributed by atoms with Crippen LogP contribution in [0.2, 0.25) is 0 Å². The molecule has 3 aromatic rings. The van der Waals surface area contributed by atoms with Crippen molar-refractivity contribution in [2.75, 3.05) is 0 Å². The number of fused-ring (bicyclic) bond motifs is 1. The Bertz CT molecular complexity index is 754. The molecule has 0 unspecified atom stereocenters. The van der Waals surface area contributed by atoms with E-state index in [1.165, 1.54) is 0 Å². The van der Waals surface area contributed by atoms with Crippen LogP contribution in [0.4, 0.5) is 0 Å². The quantitative estimate of drug-likeness (QED) is 0.696. The van der Waals surface area contributed by atoms with E-state index in [0.29, 0.717) is 5.88 Å². The van der Waals surface area contributed by atoms with Gasteiger partial charge in [0.15, 0.2) is 5.65 Å². The fraction of sp³-hybridized carbons (Fsp3) is 0.462. The molecule has 3 rings (SSSR count). The maximum absolute atomic E-state index is 6.02. The maximum Gasteiger partial charge on any atom is 0.158 e. The standard InChI is InChI=1S/C13H16ClN5S/c1-8-7-20-11(15-8)4-5-19-10(6-14)16-12-9(2)17-18(3)13(12)19/h7H,4-6H2,1-3H3. The molecule has 0 atom stereocenters. The van der Waals surface area contributed by atoms with Crippen LogP contribution in [0.15, 0.2) is 5.38 Å². The van der Waals surface area contributed by atoms with Crippen molar-refractivity contribution in [1.29, 1.82) is 0 Å². The lowest BCUT2D eigenvalue weighted by molar-refractivity contribution is 0.649. The molecule has 3 heterocycles. The number of aryl methyl sites for hydroxylation is 5. The number of hydrogen-bond donors (Lipinski definition) is 0. The summed E-state index contributed by atoms with van der Waals surface area (Å²) in [5.41, 5.74) is 4.00. The number of halogens is 1. The zero-order valence-corrected chi connectivity index (χ0v) is 13.3. The van der Waals surface area contributed by atoms with E-state index < -0.39 is 0 Å². The molecule has 0 N–H and O–H groups in total. The molecular weight excluding hydrogens is 294 g/mol. The van der Waals surface area contributed by atoms with Crippen LogP contribution in [-0.4, -0.2) is 24.3 Å². The highest BCUT2D eigenvalue weighted by atomic mass is 35.5. The van der Waals surface area contributed by atoms with Crippen molar-refractivity contribution in [3.05, 3.63) is 27.6 Å². The van der Waals surface area contributed by atoms with Gasteiger partial charge in [-0.15, -0.1) is 22.9 Å². The van der Waals surface area contributed by atoms with Crippen LogP contribution in [0.5, 0.6) is 0 Å². The zero-order valence-electron chi connectivity index (χ0n) is 11.7. The van der Waals surface area contributed by atoms with Gasteiger partial charge in [-0.3, -0.25) is 4.68 Å². The second-order valence-corrected chi connectivity index (χ2v) is 6.04. The molecule has 5 nitrogen and oxygen atoms in total. The Morgan fingerprint density at radius 3 is 2.75 bits per heavy atom. The van der Waals surface area contributed by atoms with E-state index in [-0.39, 0.29) is 0 Å². The molecule has 106 valence electrons. The topological polar surface area (TPSA) is 48.5 Å². The number of alkyl halides is 1. The van der Waals surface area contributed by atoms with E-state index in [2.05, 4.69) is 25.0 Å². The highest BCUT2D eigenvalue weighted by Crippen LogP contribution is 2.21. The van der Waals surface area contributed by atoms with Gasteiger partial charge in [0.1, 0.15) is 11.3 Å². The summed E-state index contributed by atoms with van der Waals surface area (Å²) in [4.78, 5) is 9.10. The minimum atomic E-state index is 0.408. The number of thiazole rings is 1. The Kier molecular flexibility index (Phi) is 3.52. The van der Waals surface area contributed by atoms with E-state index in [4.69, 9.17) is 11.6 Å². The predicted molar refractivity (Wildman–Crippen MR) is 81.3 cm³/mol. The molecule has 0 saturated heterocycles. The fourth-order valence-corrected chi connectivity index (χ4v) is 3.41. The average Bonchev–Trinajstić information content (AvgIpc) is 3.05. The third-order valence-electron chi connectivity index (χ3n) is 3.30. The van der Waals surface area contributed by atoms with Crippen molar-refractivity contribution < 1.29 is 0 Å². The number of nitrogens with zero attached hydrogens (tertiary/aromatic N) is 5. The number of imidazole rings is 1. The average molecular weight is 310 g/mol. The molecule has 0 aliphatic rings. The first-order valence-corrected chi connectivity index (χ1v) is 7.87. The summed E-state index contributed by atoms with van der Waals surface area (Å²) in [6.07, 6.45) is 0.887. The van der Waals surface area contributed by atoms with Crippen LogP contribution in [0.25, 0.3) is 11.2 Å². The molecule has 0 fully saturated rings. The van der Waals surface area contributed by atoms with Crippen LogP contribution < -0.4 is 0 Å². The smallest absolute Gasteiger partial charge is 0.158 e. The second-order valence-electron chi connectivity index (χ2n) is 4.83. The summed E-state index contributed by atoms with van der Waals surface area (Å²) in [5.74, 6) is 1.30. The van der Waals surface area contributed by atoms with Crippen molar-refractivity contribution in [1.82, 2.24) is 24.3 Å². The van der Waals surface area contributed by atoms with Gasteiger partial charge in [-0.2, -0.15) is 5.10 Å². The van der Waals surface area contributed by atoms with Crippen molar-refractivity contribution in [2.45, 2.75) is 32.7 Å². The Morgan fingerprint density at radius 2 is 2.10 bits per heavy atom. The molecular formula is C13H16ClN5S. The van der Waals surface area contributed by atoms with Crippen molar-refractivity contribution in [2.24, 2.45) is 7.05 Å². The number of aromatic nitrogens is 5. The first-order chi connectivity index (χ1) is 9.60. The summed E-state index contributed by atoms with van der Waals surface area (Å²) < 4.78 is 4.03. The molecule has 0 aliphatic heterocycles. The van der Waals surface area contributed by atoms with Gasteiger partial charge in [0.25, 0.3) is 0 Å². The van der Waals surface area contributed by atoms with Gasteiger partial charge in [-0.05, 0) is 13.8 Å². The van der Waals surface area contributed by atoms with Gasteiger partial charge in [0.2, 0.25) is 0 Å². The lowest BCUT2D eigenvalue weighted by Crippen LogP contribution is -2.08. The van der Waals surface area contributed by atoms with Crippen molar-refractivity contribution >= 4 is 34.1 Å². The molecule has 0 aliphatic carbocycles. The molecule has 3 aromatic heterocycles. The minimum absolute atomic E-state index is 0.408. The summed E-state index contributed by atoms with van der Waals surface area (Å²) in [5, 5.41) is 7.64. The summed E-state index contributed by atoms with van der Waals surface area (Å²) in [6.45, 7) is 4.82. The summed E-state index contributed by atoms with van der Waals surface area (Å²) >= 11 is 7.72. The lowest BCUT2D eigenvalue weighted by Gasteiger charge is -2.06. The first-order valence-electron chi connectivity index (χ1n) is 6.46. The van der Waals surface area contributed by atoms with Gasteiger partial charge < -0.3 is 4.57 Å². The predicted octanol–water partition coefficient (Wildman–Crippen LogP) is 2.82. The van der Waals surface area contributed by atoms with E-state index in [9.17, 15) is 0 Å². The van der Waals surface area contributed by atoms with E-state index in [1.54, 1.807) is 11.3 Å². The first kappa shape index (κ1) is 13.6. The summed E-state index contributed by atoms with van der Waals surface area (Å²) in [6, 6.07) is 0. The highest BCUT2D eigenvalue weighted by molar-refractivity contribution is 7.09. The highest BCUT2D eigenvalue weighted by Gasteiger charge is 2.16. The minimum Gasteiger partial charge on any atom is -0.311 e. The molecule has 7 heteroatoms. The van der Waals surface area contributed by atoms with Gasteiger partial charge in [0, 0.05) is 31.1 Å². The van der Waals surface area contributed by atoms with Crippen LogP contribution in [-0.2, 0) is 25.9 Å².